The first-order chi connectivity index (χ1) is 9.60. The Morgan fingerprint density at radius 3 is 2.80 bits per heavy atom. The van der Waals surface area contributed by atoms with E-state index in [1.807, 2.05) is 43.0 Å². The maximum absolute atomic E-state index is 11.6. The van der Waals surface area contributed by atoms with Crippen LogP contribution in [0.5, 0.6) is 5.75 Å². The standard InChI is InChI=1S/C15H22N2O3/c1-3-17-11-16(9-15(17)19)8-13(18)10-20-14-7-5-4-6-12(14)2/h4-7,13,18H,3,8-11H2,1-2H3. The summed E-state index contributed by atoms with van der Waals surface area (Å²) in [6.07, 6.45) is -0.598. The average Bonchev–Trinajstić information content (AvgIpc) is 2.77. The van der Waals surface area contributed by atoms with Crippen molar-refractivity contribution in [3.63, 3.8) is 0 Å². The minimum Gasteiger partial charge on any atom is -0.491 e. The third kappa shape index (κ3) is 3.71. The van der Waals surface area contributed by atoms with Crippen LogP contribution in [0.4, 0.5) is 0 Å². The molecule has 110 valence electrons. The van der Waals surface area contributed by atoms with E-state index in [2.05, 4.69) is 0 Å². The number of ether oxygens (including phenoxy) is 1. The van der Waals surface area contributed by atoms with Gasteiger partial charge in [0.15, 0.2) is 0 Å². The SMILES string of the molecule is CCN1CN(CC(O)COc2ccccc2C)CC1=O. The van der Waals surface area contributed by atoms with Gasteiger partial charge in [0.2, 0.25) is 5.91 Å². The summed E-state index contributed by atoms with van der Waals surface area (Å²) < 4.78 is 5.61. The van der Waals surface area contributed by atoms with Crippen LogP contribution in [0, 0.1) is 6.92 Å². The van der Waals surface area contributed by atoms with Gasteiger partial charge in [-0.05, 0) is 25.5 Å². The topological polar surface area (TPSA) is 53.0 Å². The maximum Gasteiger partial charge on any atom is 0.237 e. The van der Waals surface area contributed by atoms with E-state index in [1.54, 1.807) is 4.90 Å². The van der Waals surface area contributed by atoms with Crippen LogP contribution in [0.15, 0.2) is 24.3 Å². The van der Waals surface area contributed by atoms with Crippen LogP contribution in [-0.4, -0.2) is 59.8 Å². The van der Waals surface area contributed by atoms with Crippen LogP contribution < -0.4 is 4.74 Å². The molecular weight excluding hydrogens is 256 g/mol. The highest BCUT2D eigenvalue weighted by molar-refractivity contribution is 5.79. The molecule has 0 aromatic heterocycles. The lowest BCUT2D eigenvalue weighted by Crippen LogP contribution is -2.35. The summed E-state index contributed by atoms with van der Waals surface area (Å²) >= 11 is 0. The Hall–Kier alpha value is -1.59. The molecule has 0 spiro atoms. The van der Waals surface area contributed by atoms with Crippen molar-refractivity contribution >= 4 is 5.91 Å². The summed E-state index contributed by atoms with van der Waals surface area (Å²) in [6, 6.07) is 7.72. The average molecular weight is 278 g/mol. The molecular formula is C15H22N2O3. The minimum absolute atomic E-state index is 0.125. The quantitative estimate of drug-likeness (QED) is 0.838. The lowest BCUT2D eigenvalue weighted by atomic mass is 10.2. The zero-order valence-corrected chi connectivity index (χ0v) is 12.1. The normalized spacial score (nSPS) is 17.6. The van der Waals surface area contributed by atoms with E-state index in [4.69, 9.17) is 4.74 Å². The van der Waals surface area contributed by atoms with E-state index in [9.17, 15) is 9.90 Å². The van der Waals surface area contributed by atoms with Gasteiger partial charge >= 0.3 is 0 Å². The summed E-state index contributed by atoms with van der Waals surface area (Å²) in [6.45, 7) is 6.31. The van der Waals surface area contributed by atoms with Crippen molar-refractivity contribution in [1.29, 1.82) is 0 Å². The van der Waals surface area contributed by atoms with Gasteiger partial charge in [-0.2, -0.15) is 0 Å². The van der Waals surface area contributed by atoms with Crippen LogP contribution in [0.25, 0.3) is 0 Å². The van der Waals surface area contributed by atoms with Crippen molar-refractivity contribution in [2.24, 2.45) is 0 Å². The van der Waals surface area contributed by atoms with Crippen LogP contribution in [-0.2, 0) is 4.79 Å². The van der Waals surface area contributed by atoms with Gasteiger partial charge in [-0.3, -0.25) is 9.69 Å². The number of para-hydroxylation sites is 1. The van der Waals surface area contributed by atoms with E-state index in [0.29, 0.717) is 26.3 Å². The Balaban J connectivity index is 1.78. The fourth-order valence-electron chi connectivity index (χ4n) is 2.32. The lowest BCUT2D eigenvalue weighted by molar-refractivity contribution is -0.126. The Bertz CT molecular complexity index is 464. The molecule has 1 amide bonds. The molecule has 20 heavy (non-hydrogen) atoms. The predicted molar refractivity (Wildman–Crippen MR) is 76.5 cm³/mol. The number of rotatable bonds is 6. The van der Waals surface area contributed by atoms with Gasteiger partial charge in [-0.1, -0.05) is 18.2 Å². The summed E-state index contributed by atoms with van der Waals surface area (Å²) in [5.41, 5.74) is 1.05. The fourth-order valence-corrected chi connectivity index (χ4v) is 2.32. The number of aryl methyl sites for hydroxylation is 1. The number of hydrogen-bond acceptors (Lipinski definition) is 4. The number of β-amino-alcohol motifs (C(OH)–C–C–N with tert-alkyl or cyclic N) is 1. The van der Waals surface area contributed by atoms with Crippen molar-refractivity contribution < 1.29 is 14.6 Å². The van der Waals surface area contributed by atoms with Gasteiger partial charge in [-0.15, -0.1) is 0 Å². The van der Waals surface area contributed by atoms with Crippen molar-refractivity contribution in [2.75, 3.05) is 32.9 Å². The van der Waals surface area contributed by atoms with Crippen LogP contribution >= 0.6 is 0 Å². The summed E-state index contributed by atoms with van der Waals surface area (Å²) in [5.74, 6) is 0.916. The van der Waals surface area contributed by atoms with Gasteiger partial charge in [0, 0.05) is 13.1 Å². The third-order valence-electron chi connectivity index (χ3n) is 3.46. The molecule has 1 N–H and O–H groups in total. The number of carbonyl (C=O) groups excluding carboxylic acids is 1. The van der Waals surface area contributed by atoms with E-state index < -0.39 is 6.10 Å². The van der Waals surface area contributed by atoms with Gasteiger partial charge in [-0.25, -0.2) is 0 Å². The maximum atomic E-state index is 11.6. The first-order valence-electron chi connectivity index (χ1n) is 6.96. The summed E-state index contributed by atoms with van der Waals surface area (Å²) in [4.78, 5) is 15.3. The predicted octanol–water partition coefficient (Wildman–Crippen LogP) is 0.856. The number of nitrogens with zero attached hydrogens (tertiary/aromatic N) is 2. The molecule has 0 radical (unpaired) electrons. The highest BCUT2D eigenvalue weighted by Crippen LogP contribution is 2.16. The largest absolute Gasteiger partial charge is 0.491 e. The third-order valence-corrected chi connectivity index (χ3v) is 3.46. The fraction of sp³-hybridized carbons (Fsp3) is 0.533. The second-order valence-corrected chi connectivity index (χ2v) is 5.13. The molecule has 0 saturated carbocycles. The van der Waals surface area contributed by atoms with Crippen molar-refractivity contribution in [3.8, 4) is 5.75 Å². The van der Waals surface area contributed by atoms with Crippen LogP contribution in [0.1, 0.15) is 12.5 Å². The molecule has 1 aromatic carbocycles. The van der Waals surface area contributed by atoms with Gasteiger partial charge < -0.3 is 14.7 Å². The molecule has 1 unspecified atom stereocenters. The Kier molecular flexibility index (Phi) is 4.98. The van der Waals surface area contributed by atoms with E-state index in [-0.39, 0.29) is 12.5 Å². The molecule has 1 saturated heterocycles. The van der Waals surface area contributed by atoms with Gasteiger partial charge in [0.25, 0.3) is 0 Å². The van der Waals surface area contributed by atoms with Crippen molar-refractivity contribution in [2.45, 2.75) is 20.0 Å². The second kappa shape index (κ2) is 6.72. The number of carbonyl (C=O) groups is 1. The van der Waals surface area contributed by atoms with E-state index in [1.165, 1.54) is 0 Å². The Morgan fingerprint density at radius 1 is 1.40 bits per heavy atom. The number of amides is 1. The first kappa shape index (κ1) is 14.8. The number of aliphatic hydroxyl groups excluding tert-OH is 1. The smallest absolute Gasteiger partial charge is 0.237 e. The molecule has 1 aromatic rings. The molecule has 2 rings (SSSR count). The molecule has 1 aliphatic rings. The Morgan fingerprint density at radius 2 is 2.15 bits per heavy atom. The van der Waals surface area contributed by atoms with Gasteiger partial charge in [0.1, 0.15) is 18.5 Å². The zero-order valence-electron chi connectivity index (χ0n) is 12.1. The molecule has 5 nitrogen and oxygen atoms in total. The number of likely N-dealkylation sites (N-methyl/N-ethyl adjacent to an activating group) is 1. The monoisotopic (exact) mass is 278 g/mol. The summed E-state index contributed by atoms with van der Waals surface area (Å²) in [7, 11) is 0. The van der Waals surface area contributed by atoms with Crippen LogP contribution in [0.3, 0.4) is 0 Å². The highest BCUT2D eigenvalue weighted by Gasteiger charge is 2.27. The molecule has 1 atom stereocenters. The lowest BCUT2D eigenvalue weighted by Gasteiger charge is -2.20. The van der Waals surface area contributed by atoms with Crippen molar-refractivity contribution in [1.82, 2.24) is 9.80 Å². The molecule has 5 heteroatoms. The molecule has 1 aliphatic heterocycles. The molecule has 1 heterocycles. The molecule has 1 fully saturated rings. The second-order valence-electron chi connectivity index (χ2n) is 5.13. The first-order valence-corrected chi connectivity index (χ1v) is 6.96. The number of benzene rings is 1. The molecule has 0 aliphatic carbocycles. The van der Waals surface area contributed by atoms with Crippen molar-refractivity contribution in [3.05, 3.63) is 29.8 Å². The van der Waals surface area contributed by atoms with Crippen LogP contribution in [0.2, 0.25) is 0 Å². The number of aliphatic hydroxyl groups is 1. The zero-order chi connectivity index (χ0) is 14.5. The summed E-state index contributed by atoms with van der Waals surface area (Å²) in [5, 5.41) is 10.0. The van der Waals surface area contributed by atoms with E-state index in [0.717, 1.165) is 11.3 Å². The highest BCUT2D eigenvalue weighted by atomic mass is 16.5. The molecule has 0 bridgehead atoms. The minimum atomic E-state index is -0.598. The number of hydrogen-bond donors (Lipinski definition) is 1. The van der Waals surface area contributed by atoms with E-state index >= 15 is 0 Å². The Labute approximate surface area is 119 Å². The van der Waals surface area contributed by atoms with Gasteiger partial charge in [0.05, 0.1) is 13.2 Å².